The number of rotatable bonds is 12. The third kappa shape index (κ3) is 7.27. The van der Waals surface area contributed by atoms with Gasteiger partial charge in [0.15, 0.2) is 24.2 Å². The molecular weight excluding hydrogens is 656 g/mol. The van der Waals surface area contributed by atoms with Gasteiger partial charge in [-0.05, 0) is 22.3 Å². The Labute approximate surface area is 292 Å². The molecule has 4 aromatic rings. The molecule has 6 rings (SSSR count). The number of carbonyl (C=O) groups excluding carboxylic acids is 4. The maximum atomic E-state index is 14.1. The average Bonchev–Trinajstić information content (AvgIpc) is 3.56. The summed E-state index contributed by atoms with van der Waals surface area (Å²) in [5.74, 6) is -5.76. The first kappa shape index (κ1) is 34.4. The molecule has 260 valence electrons. The zero-order chi connectivity index (χ0) is 36.1. The lowest BCUT2D eigenvalue weighted by molar-refractivity contribution is -0.170. The van der Waals surface area contributed by atoms with Crippen molar-refractivity contribution in [3.63, 3.8) is 0 Å². The summed E-state index contributed by atoms with van der Waals surface area (Å²) in [5, 5.41) is 20.8. The quantitative estimate of drug-likeness (QED) is 0.165. The van der Waals surface area contributed by atoms with Gasteiger partial charge in [0.05, 0.1) is 0 Å². The molecule has 2 aliphatic heterocycles. The van der Waals surface area contributed by atoms with Gasteiger partial charge < -0.3 is 34.5 Å². The Morgan fingerprint density at radius 1 is 0.431 bits per heavy atom. The summed E-state index contributed by atoms with van der Waals surface area (Å²) in [6.45, 7) is -0.685. The van der Waals surface area contributed by atoms with E-state index in [0.717, 1.165) is 19.6 Å². The number of benzene rings is 4. The molecule has 4 unspecified atom stereocenters. The number of hydrogen-bond donors (Lipinski definition) is 2. The number of amides is 4. The fourth-order valence-corrected chi connectivity index (χ4v) is 6.54. The van der Waals surface area contributed by atoms with Crippen LogP contribution in [0.3, 0.4) is 0 Å². The Hall–Kier alpha value is -6.50. The summed E-state index contributed by atoms with van der Waals surface area (Å²) < 4.78 is 5.36. The maximum Gasteiger partial charge on any atom is 0.339 e. The fourth-order valence-electron chi connectivity index (χ4n) is 6.54. The van der Waals surface area contributed by atoms with Crippen LogP contribution in [0.1, 0.15) is 22.3 Å². The van der Waals surface area contributed by atoms with Gasteiger partial charge in [0.25, 0.3) is 0 Å². The molecule has 4 aromatic carbocycles. The molecule has 0 radical (unpaired) electrons. The molecule has 0 saturated carbocycles. The average molecular weight is 691 g/mol. The van der Waals surface area contributed by atoms with Gasteiger partial charge >= 0.3 is 35.9 Å². The molecule has 13 heteroatoms. The highest BCUT2D eigenvalue weighted by atomic mass is 16.6. The highest BCUT2D eigenvalue weighted by Gasteiger charge is 2.57. The summed E-state index contributed by atoms with van der Waals surface area (Å²) in [6.07, 6.45) is 0. The Bertz CT molecular complexity index is 1770. The van der Waals surface area contributed by atoms with Crippen LogP contribution in [0.25, 0.3) is 0 Å². The second kappa shape index (κ2) is 14.9. The van der Waals surface area contributed by atoms with Crippen molar-refractivity contribution in [1.29, 1.82) is 0 Å². The van der Waals surface area contributed by atoms with Gasteiger partial charge in [-0.25, -0.2) is 28.8 Å². The van der Waals surface area contributed by atoms with Gasteiger partial charge in [0.1, 0.15) is 0 Å². The van der Waals surface area contributed by atoms with Gasteiger partial charge in [-0.3, -0.25) is 0 Å². The number of carbonyl (C=O) groups is 6. The summed E-state index contributed by atoms with van der Waals surface area (Å²) in [4.78, 5) is 85.7. The van der Waals surface area contributed by atoms with Crippen molar-refractivity contribution in [2.75, 3.05) is 0 Å². The lowest BCUT2D eigenvalue weighted by Gasteiger charge is -2.26. The highest BCUT2D eigenvalue weighted by Crippen LogP contribution is 2.32. The molecule has 2 fully saturated rings. The topological polar surface area (TPSA) is 165 Å². The normalized spacial score (nSPS) is 20.1. The van der Waals surface area contributed by atoms with Gasteiger partial charge in [-0.15, -0.1) is 0 Å². The number of esters is 2. The Morgan fingerprint density at radius 3 is 0.902 bits per heavy atom. The summed E-state index contributed by atoms with van der Waals surface area (Å²) in [6, 6.07) is 25.7. The van der Waals surface area contributed by atoms with Crippen LogP contribution in [0.15, 0.2) is 121 Å². The first-order valence-corrected chi connectivity index (χ1v) is 16.2. The van der Waals surface area contributed by atoms with Crippen molar-refractivity contribution in [3.05, 3.63) is 144 Å². The number of carboxylic acids is 2. The van der Waals surface area contributed by atoms with Gasteiger partial charge in [0.2, 0.25) is 0 Å². The van der Waals surface area contributed by atoms with E-state index in [1.807, 2.05) is 0 Å². The van der Waals surface area contributed by atoms with E-state index in [2.05, 4.69) is 0 Å². The standard InChI is InChI=1S/C38H34N4O9/c43-33(44)29-31(41(23-27-17-9-3-10-18-27)37(49)39(29)21-25-13-5-1-6-14-25)35(47)51-36(48)32-30(34(45)46)40(22-26-15-7-2-8-16-26)38(50)42(32)24-28-19-11-4-12-20-28/h1-20,29-32H,21-24H2,(H,43,44)(H,45,46). The molecule has 13 nitrogen and oxygen atoms in total. The fraction of sp³-hybridized carbons (Fsp3) is 0.211. The first-order chi connectivity index (χ1) is 24.6. The number of hydrogen-bond acceptors (Lipinski definition) is 7. The van der Waals surface area contributed by atoms with Crippen LogP contribution in [0.2, 0.25) is 0 Å². The Morgan fingerprint density at radius 2 is 0.667 bits per heavy atom. The van der Waals surface area contributed by atoms with E-state index >= 15 is 0 Å². The molecule has 2 N–H and O–H groups in total. The number of urea groups is 2. The highest BCUT2D eigenvalue weighted by molar-refractivity contribution is 6.03. The van der Waals surface area contributed by atoms with Crippen molar-refractivity contribution in [3.8, 4) is 0 Å². The molecule has 51 heavy (non-hydrogen) atoms. The molecule has 0 bridgehead atoms. The third-order valence-corrected chi connectivity index (χ3v) is 8.90. The molecule has 0 aliphatic carbocycles. The lowest BCUT2D eigenvalue weighted by Crippen LogP contribution is -2.52. The van der Waals surface area contributed by atoms with Gasteiger partial charge in [-0.2, -0.15) is 0 Å². The van der Waals surface area contributed by atoms with Crippen LogP contribution in [0.4, 0.5) is 9.59 Å². The van der Waals surface area contributed by atoms with E-state index in [9.17, 15) is 39.0 Å². The second-order valence-electron chi connectivity index (χ2n) is 12.2. The molecule has 4 atom stereocenters. The van der Waals surface area contributed by atoms with Crippen molar-refractivity contribution in [2.45, 2.75) is 50.3 Å². The Balaban J connectivity index is 1.34. The zero-order valence-corrected chi connectivity index (χ0v) is 27.2. The smallest absolute Gasteiger partial charge is 0.339 e. The number of ether oxygens (including phenoxy) is 1. The van der Waals surface area contributed by atoms with Crippen LogP contribution >= 0.6 is 0 Å². The van der Waals surface area contributed by atoms with E-state index in [1.165, 1.54) is 0 Å². The van der Waals surface area contributed by atoms with Crippen molar-refractivity contribution < 1.29 is 43.7 Å². The predicted molar refractivity (Wildman–Crippen MR) is 180 cm³/mol. The van der Waals surface area contributed by atoms with E-state index in [-0.39, 0.29) is 26.2 Å². The van der Waals surface area contributed by atoms with E-state index in [4.69, 9.17) is 4.74 Å². The SMILES string of the molecule is O=C(O)C1C(C(=O)OC(=O)C2C(C(=O)O)N(Cc3ccccc3)C(=O)N2Cc2ccccc2)N(Cc2ccccc2)C(=O)N1Cc1ccccc1. The number of aliphatic carboxylic acids is 2. The summed E-state index contributed by atoms with van der Waals surface area (Å²) in [5.41, 5.74) is 2.37. The zero-order valence-electron chi connectivity index (χ0n) is 27.2. The second-order valence-corrected chi connectivity index (χ2v) is 12.2. The van der Waals surface area contributed by atoms with Crippen LogP contribution in [0, 0.1) is 0 Å². The summed E-state index contributed by atoms with van der Waals surface area (Å²) in [7, 11) is 0. The molecule has 2 heterocycles. The molecule has 4 amide bonds. The van der Waals surface area contributed by atoms with Crippen LogP contribution in [-0.2, 0) is 50.1 Å². The van der Waals surface area contributed by atoms with Crippen molar-refractivity contribution in [1.82, 2.24) is 19.6 Å². The van der Waals surface area contributed by atoms with Gasteiger partial charge in [0, 0.05) is 26.2 Å². The van der Waals surface area contributed by atoms with Crippen LogP contribution in [-0.4, -0.2) is 89.9 Å². The largest absolute Gasteiger partial charge is 0.480 e. The molecular formula is C38H34N4O9. The maximum absolute atomic E-state index is 14.1. The van der Waals surface area contributed by atoms with E-state index in [1.54, 1.807) is 121 Å². The minimum Gasteiger partial charge on any atom is -0.480 e. The number of carboxylic acid groups (broad SMARTS) is 2. The molecule has 2 saturated heterocycles. The van der Waals surface area contributed by atoms with Crippen molar-refractivity contribution in [2.24, 2.45) is 0 Å². The minimum absolute atomic E-state index is 0.156. The molecule has 2 aliphatic rings. The van der Waals surface area contributed by atoms with Crippen LogP contribution < -0.4 is 0 Å². The van der Waals surface area contributed by atoms with E-state index < -0.39 is 60.1 Å². The molecule has 0 spiro atoms. The lowest BCUT2D eigenvalue weighted by atomic mass is 10.1. The monoisotopic (exact) mass is 690 g/mol. The third-order valence-electron chi connectivity index (χ3n) is 8.90. The van der Waals surface area contributed by atoms with E-state index in [0.29, 0.717) is 22.3 Å². The first-order valence-electron chi connectivity index (χ1n) is 16.2. The predicted octanol–water partition coefficient (Wildman–Crippen LogP) is 3.98. The Kier molecular flexibility index (Phi) is 10.1. The van der Waals surface area contributed by atoms with Crippen LogP contribution in [0.5, 0.6) is 0 Å². The number of nitrogens with zero attached hydrogens (tertiary/aromatic N) is 4. The minimum atomic E-state index is -1.80. The van der Waals surface area contributed by atoms with Crippen molar-refractivity contribution >= 4 is 35.9 Å². The molecule has 0 aromatic heterocycles. The summed E-state index contributed by atoms with van der Waals surface area (Å²) >= 11 is 0. The van der Waals surface area contributed by atoms with Gasteiger partial charge in [-0.1, -0.05) is 121 Å².